The van der Waals surface area contributed by atoms with Crippen LogP contribution < -0.4 is 5.32 Å². The minimum absolute atomic E-state index is 0.108. The number of carbonyl (C=O) groups is 3. The van der Waals surface area contributed by atoms with Gasteiger partial charge in [-0.3, -0.25) is 14.4 Å². The maximum Gasteiger partial charge on any atom is 0.307 e. The molecule has 1 aliphatic carbocycles. The average Bonchev–Trinajstić information content (AvgIpc) is 3.09. The van der Waals surface area contributed by atoms with Crippen molar-refractivity contribution in [2.75, 3.05) is 18.5 Å². The van der Waals surface area contributed by atoms with Gasteiger partial charge in [0, 0.05) is 30.8 Å². The van der Waals surface area contributed by atoms with E-state index in [0.29, 0.717) is 24.4 Å². The largest absolute Gasteiger partial charge is 0.466 e. The number of hydrogen-bond acceptors (Lipinski definition) is 4. The summed E-state index contributed by atoms with van der Waals surface area (Å²) in [4.78, 5) is 37.7. The van der Waals surface area contributed by atoms with Crippen molar-refractivity contribution in [2.45, 2.75) is 52.0 Å². The molecule has 1 N–H and O–H groups in total. The van der Waals surface area contributed by atoms with Crippen LogP contribution in [0.2, 0.25) is 0 Å². The van der Waals surface area contributed by atoms with Crippen molar-refractivity contribution in [3.63, 3.8) is 0 Å². The van der Waals surface area contributed by atoms with Gasteiger partial charge < -0.3 is 15.0 Å². The summed E-state index contributed by atoms with van der Waals surface area (Å²) in [5.74, 6) is -0.576. The summed E-state index contributed by atoms with van der Waals surface area (Å²) in [6, 6.07) is 7.06. The molecule has 0 radical (unpaired) electrons. The van der Waals surface area contributed by atoms with Crippen molar-refractivity contribution in [3.05, 3.63) is 29.8 Å². The molecule has 1 saturated carbocycles. The summed E-state index contributed by atoms with van der Waals surface area (Å²) in [5.41, 5.74) is 1.11. The molecule has 0 bridgehead atoms. The summed E-state index contributed by atoms with van der Waals surface area (Å²) in [6.45, 7) is 3.89. The zero-order chi connectivity index (χ0) is 18.2. The predicted molar refractivity (Wildman–Crippen MR) is 95.3 cm³/mol. The lowest BCUT2D eigenvalue weighted by Gasteiger charge is -2.29. The average molecular weight is 346 g/mol. The van der Waals surface area contributed by atoms with Gasteiger partial charge in [-0.05, 0) is 38.0 Å². The Labute approximate surface area is 148 Å². The molecule has 1 fully saturated rings. The van der Waals surface area contributed by atoms with Crippen LogP contribution in [0.4, 0.5) is 5.69 Å². The SMILES string of the molecule is CCOC(=O)CCN(C(=O)c1cccc(NC(C)=O)c1)C1CCCC1. The number of rotatable bonds is 7. The van der Waals surface area contributed by atoms with Gasteiger partial charge in [0.25, 0.3) is 5.91 Å². The van der Waals surface area contributed by atoms with Crippen LogP contribution in [0.5, 0.6) is 0 Å². The van der Waals surface area contributed by atoms with E-state index >= 15 is 0 Å². The molecule has 0 heterocycles. The van der Waals surface area contributed by atoms with Crippen LogP contribution in [0.1, 0.15) is 56.3 Å². The maximum atomic E-state index is 13.0. The third-order valence-electron chi connectivity index (χ3n) is 4.32. The summed E-state index contributed by atoms with van der Waals surface area (Å²) >= 11 is 0. The van der Waals surface area contributed by atoms with Crippen molar-refractivity contribution in [1.82, 2.24) is 4.90 Å². The zero-order valence-electron chi connectivity index (χ0n) is 14.9. The molecule has 0 aliphatic heterocycles. The monoisotopic (exact) mass is 346 g/mol. The molecule has 6 nitrogen and oxygen atoms in total. The van der Waals surface area contributed by atoms with Crippen molar-refractivity contribution in [2.24, 2.45) is 0 Å². The van der Waals surface area contributed by atoms with Crippen LogP contribution in [0.25, 0.3) is 0 Å². The smallest absolute Gasteiger partial charge is 0.307 e. The molecule has 0 saturated heterocycles. The van der Waals surface area contributed by atoms with Crippen molar-refractivity contribution < 1.29 is 19.1 Å². The Balaban J connectivity index is 2.13. The highest BCUT2D eigenvalue weighted by Crippen LogP contribution is 2.26. The number of esters is 1. The van der Waals surface area contributed by atoms with Crippen LogP contribution in [-0.2, 0) is 14.3 Å². The first-order chi connectivity index (χ1) is 12.0. The van der Waals surface area contributed by atoms with E-state index in [2.05, 4.69) is 5.32 Å². The van der Waals surface area contributed by atoms with Gasteiger partial charge in [-0.15, -0.1) is 0 Å². The number of amides is 2. The highest BCUT2D eigenvalue weighted by molar-refractivity contribution is 5.97. The van der Waals surface area contributed by atoms with Gasteiger partial charge >= 0.3 is 5.97 Å². The van der Waals surface area contributed by atoms with Crippen molar-refractivity contribution in [1.29, 1.82) is 0 Å². The lowest BCUT2D eigenvalue weighted by atomic mass is 10.1. The van der Waals surface area contributed by atoms with Gasteiger partial charge in [-0.25, -0.2) is 0 Å². The lowest BCUT2D eigenvalue weighted by molar-refractivity contribution is -0.143. The standard InChI is InChI=1S/C19H26N2O4/c1-3-25-18(23)11-12-21(17-9-4-5-10-17)19(24)15-7-6-8-16(13-15)20-14(2)22/h6-8,13,17H,3-5,9-12H2,1-2H3,(H,20,22). The topological polar surface area (TPSA) is 75.7 Å². The fourth-order valence-electron chi connectivity index (χ4n) is 3.21. The zero-order valence-corrected chi connectivity index (χ0v) is 14.9. The molecular weight excluding hydrogens is 320 g/mol. The van der Waals surface area contributed by atoms with Crippen molar-refractivity contribution in [3.8, 4) is 0 Å². The second kappa shape index (κ2) is 9.20. The second-order valence-electron chi connectivity index (χ2n) is 6.25. The summed E-state index contributed by atoms with van der Waals surface area (Å²) < 4.78 is 4.98. The molecule has 2 rings (SSSR count). The molecule has 2 amide bonds. The van der Waals surface area contributed by atoms with E-state index in [4.69, 9.17) is 4.74 Å². The van der Waals surface area contributed by atoms with Gasteiger partial charge in [-0.1, -0.05) is 18.9 Å². The molecule has 0 unspecified atom stereocenters. The highest BCUT2D eigenvalue weighted by Gasteiger charge is 2.28. The van der Waals surface area contributed by atoms with E-state index in [1.54, 1.807) is 36.1 Å². The number of anilines is 1. The summed E-state index contributed by atoms with van der Waals surface area (Å²) in [7, 11) is 0. The van der Waals surface area contributed by atoms with Crippen LogP contribution in [0.15, 0.2) is 24.3 Å². The van der Waals surface area contributed by atoms with E-state index in [9.17, 15) is 14.4 Å². The Bertz CT molecular complexity index is 624. The Kier molecular flexibility index (Phi) is 6.98. The Hall–Kier alpha value is -2.37. The van der Waals surface area contributed by atoms with Crippen LogP contribution >= 0.6 is 0 Å². The van der Waals surface area contributed by atoms with Gasteiger partial charge in [0.2, 0.25) is 5.91 Å². The predicted octanol–water partition coefficient (Wildman–Crippen LogP) is 2.98. The number of nitrogens with zero attached hydrogens (tertiary/aromatic N) is 1. The minimum Gasteiger partial charge on any atom is -0.466 e. The molecular formula is C19H26N2O4. The van der Waals surface area contributed by atoms with E-state index in [-0.39, 0.29) is 30.2 Å². The number of nitrogens with one attached hydrogen (secondary N) is 1. The molecule has 0 spiro atoms. The molecule has 1 aromatic rings. The van der Waals surface area contributed by atoms with Gasteiger partial charge in [0.1, 0.15) is 0 Å². The molecule has 6 heteroatoms. The molecule has 0 atom stereocenters. The third kappa shape index (κ3) is 5.59. The third-order valence-corrected chi connectivity index (χ3v) is 4.32. The first kappa shape index (κ1) is 19.0. The summed E-state index contributed by atoms with van der Waals surface area (Å²) in [5, 5.41) is 2.69. The number of hydrogen-bond donors (Lipinski definition) is 1. The Morgan fingerprint density at radius 2 is 1.96 bits per heavy atom. The number of benzene rings is 1. The second-order valence-corrected chi connectivity index (χ2v) is 6.25. The molecule has 1 aliphatic rings. The minimum atomic E-state index is -0.287. The van der Waals surface area contributed by atoms with Crippen LogP contribution in [-0.4, -0.2) is 41.9 Å². The van der Waals surface area contributed by atoms with Gasteiger partial charge in [-0.2, -0.15) is 0 Å². The van der Waals surface area contributed by atoms with Gasteiger partial charge in [0.05, 0.1) is 13.0 Å². The first-order valence-electron chi connectivity index (χ1n) is 8.85. The fraction of sp³-hybridized carbons (Fsp3) is 0.526. The number of carbonyl (C=O) groups excluding carboxylic acids is 3. The molecule has 0 aromatic heterocycles. The van der Waals surface area contributed by atoms with Crippen LogP contribution in [0.3, 0.4) is 0 Å². The molecule has 136 valence electrons. The molecule has 25 heavy (non-hydrogen) atoms. The Morgan fingerprint density at radius 1 is 1.24 bits per heavy atom. The normalized spacial score (nSPS) is 14.2. The van der Waals surface area contributed by atoms with E-state index in [1.807, 2.05) is 0 Å². The maximum absolute atomic E-state index is 13.0. The Morgan fingerprint density at radius 3 is 2.60 bits per heavy atom. The quantitative estimate of drug-likeness (QED) is 0.770. The fourth-order valence-corrected chi connectivity index (χ4v) is 3.21. The van der Waals surface area contributed by atoms with Crippen LogP contribution in [0, 0.1) is 0 Å². The first-order valence-corrected chi connectivity index (χ1v) is 8.85. The van der Waals surface area contributed by atoms with E-state index in [1.165, 1.54) is 6.92 Å². The van der Waals surface area contributed by atoms with E-state index < -0.39 is 0 Å². The van der Waals surface area contributed by atoms with Crippen molar-refractivity contribution >= 4 is 23.5 Å². The van der Waals surface area contributed by atoms with Gasteiger partial charge in [0.15, 0.2) is 0 Å². The summed E-state index contributed by atoms with van der Waals surface area (Å²) in [6.07, 6.45) is 4.31. The number of ether oxygens (including phenoxy) is 1. The highest BCUT2D eigenvalue weighted by atomic mass is 16.5. The molecule has 1 aromatic carbocycles. The van der Waals surface area contributed by atoms with E-state index in [0.717, 1.165) is 25.7 Å². The lowest BCUT2D eigenvalue weighted by Crippen LogP contribution is -2.40.